The van der Waals surface area contributed by atoms with Gasteiger partial charge < -0.3 is 15.7 Å². The Hall–Kier alpha value is -1.10. The number of likely N-dealkylation sites (tertiary alicyclic amines) is 1. The fourth-order valence-electron chi connectivity index (χ4n) is 3.85. The lowest BCUT2D eigenvalue weighted by atomic mass is 9.76. The van der Waals surface area contributed by atoms with Gasteiger partial charge in [0.25, 0.3) is 0 Å². The summed E-state index contributed by atoms with van der Waals surface area (Å²) < 4.78 is 0. The first-order valence-corrected chi connectivity index (χ1v) is 8.28. The fourth-order valence-corrected chi connectivity index (χ4v) is 3.85. The van der Waals surface area contributed by atoms with E-state index in [9.17, 15) is 14.7 Å². The number of aliphatic carboxylic acids is 1. The van der Waals surface area contributed by atoms with Crippen molar-refractivity contribution in [1.29, 1.82) is 0 Å². The summed E-state index contributed by atoms with van der Waals surface area (Å²) in [4.78, 5) is 25.9. The fraction of sp³-hybridized carbons (Fsp3) is 0.875. The Morgan fingerprint density at radius 1 is 1.24 bits per heavy atom. The van der Waals surface area contributed by atoms with Gasteiger partial charge >= 0.3 is 5.97 Å². The van der Waals surface area contributed by atoms with E-state index in [0.29, 0.717) is 31.2 Å². The Morgan fingerprint density at radius 2 is 1.95 bits per heavy atom. The lowest BCUT2D eigenvalue weighted by Gasteiger charge is -2.47. The number of fused-ring (bicyclic) bond motifs is 1. The molecule has 1 aliphatic heterocycles. The topological polar surface area (TPSA) is 83.6 Å². The Labute approximate surface area is 126 Å². The van der Waals surface area contributed by atoms with Crippen LogP contribution in [0.25, 0.3) is 0 Å². The number of carbonyl (C=O) groups excluding carboxylic acids is 1. The average Bonchev–Trinajstić information content (AvgIpc) is 2.50. The van der Waals surface area contributed by atoms with Crippen LogP contribution in [0.4, 0.5) is 0 Å². The molecular weight excluding hydrogens is 268 g/mol. The Kier molecular flexibility index (Phi) is 5.62. The smallest absolute Gasteiger partial charge is 0.326 e. The van der Waals surface area contributed by atoms with Gasteiger partial charge in [-0.2, -0.15) is 0 Å². The van der Waals surface area contributed by atoms with E-state index >= 15 is 0 Å². The molecule has 2 fully saturated rings. The first kappa shape index (κ1) is 16.3. The number of piperidine rings is 1. The van der Waals surface area contributed by atoms with Crippen LogP contribution in [0.15, 0.2) is 0 Å². The van der Waals surface area contributed by atoms with Gasteiger partial charge in [-0.3, -0.25) is 4.79 Å². The number of rotatable bonds is 5. The lowest BCUT2D eigenvalue weighted by Crippen LogP contribution is -2.57. The van der Waals surface area contributed by atoms with E-state index in [4.69, 9.17) is 5.73 Å². The number of carboxylic acids is 1. The highest BCUT2D eigenvalue weighted by atomic mass is 16.4. The van der Waals surface area contributed by atoms with Crippen molar-refractivity contribution in [3.05, 3.63) is 0 Å². The minimum Gasteiger partial charge on any atom is -0.480 e. The number of amides is 1. The predicted octanol–water partition coefficient (Wildman–Crippen LogP) is 2.00. The second kappa shape index (κ2) is 7.25. The molecule has 2 aliphatic rings. The van der Waals surface area contributed by atoms with Gasteiger partial charge in [0, 0.05) is 12.5 Å². The summed E-state index contributed by atoms with van der Waals surface area (Å²) in [7, 11) is 0. The maximum absolute atomic E-state index is 12.6. The van der Waals surface area contributed by atoms with E-state index in [1.165, 1.54) is 6.42 Å². The van der Waals surface area contributed by atoms with Gasteiger partial charge in [-0.25, -0.2) is 4.79 Å². The van der Waals surface area contributed by atoms with Gasteiger partial charge in [-0.05, 0) is 50.5 Å². The molecule has 21 heavy (non-hydrogen) atoms. The highest BCUT2D eigenvalue weighted by molar-refractivity contribution is 5.84. The quantitative estimate of drug-likeness (QED) is 0.812. The second-order valence-corrected chi connectivity index (χ2v) is 6.72. The van der Waals surface area contributed by atoms with Crippen LogP contribution in [0, 0.1) is 11.8 Å². The highest BCUT2D eigenvalue weighted by Gasteiger charge is 2.43. The molecule has 2 rings (SSSR count). The lowest BCUT2D eigenvalue weighted by molar-refractivity contribution is -0.158. The third-order valence-electron chi connectivity index (χ3n) is 5.20. The van der Waals surface area contributed by atoms with Gasteiger partial charge in [0.05, 0.1) is 0 Å². The molecule has 0 aromatic carbocycles. The average molecular weight is 296 g/mol. The Balaban J connectivity index is 2.08. The Bertz CT molecular complexity index is 386. The predicted molar refractivity (Wildman–Crippen MR) is 80.7 cm³/mol. The molecule has 0 radical (unpaired) electrons. The largest absolute Gasteiger partial charge is 0.480 e. The number of carboxylic acid groups (broad SMARTS) is 1. The summed E-state index contributed by atoms with van der Waals surface area (Å²) in [5.74, 6) is -0.0204. The van der Waals surface area contributed by atoms with Gasteiger partial charge in [0.2, 0.25) is 5.91 Å². The summed E-state index contributed by atoms with van der Waals surface area (Å²) in [6.07, 6.45) is 7.15. The standard InChI is InChI=1S/C16H28N2O3/c1-11(10-17)6-9-15(19)18-13-5-3-2-4-12(13)7-8-14(18)16(20)21/h11-14H,2-10,17H2,1H3,(H,20,21). The summed E-state index contributed by atoms with van der Waals surface area (Å²) in [5.41, 5.74) is 5.60. The monoisotopic (exact) mass is 296 g/mol. The van der Waals surface area contributed by atoms with Crippen molar-refractivity contribution in [3.8, 4) is 0 Å². The van der Waals surface area contributed by atoms with Crippen molar-refractivity contribution in [2.24, 2.45) is 17.6 Å². The van der Waals surface area contributed by atoms with Crippen molar-refractivity contribution in [2.75, 3.05) is 6.54 Å². The van der Waals surface area contributed by atoms with E-state index in [-0.39, 0.29) is 11.9 Å². The minimum absolute atomic E-state index is 0.0132. The van der Waals surface area contributed by atoms with Crippen molar-refractivity contribution < 1.29 is 14.7 Å². The number of hydrogen-bond acceptors (Lipinski definition) is 3. The third kappa shape index (κ3) is 3.76. The second-order valence-electron chi connectivity index (χ2n) is 6.72. The molecule has 0 bridgehead atoms. The summed E-state index contributed by atoms with van der Waals surface area (Å²) in [6.45, 7) is 2.60. The molecule has 0 spiro atoms. The summed E-state index contributed by atoms with van der Waals surface area (Å²) in [5, 5.41) is 9.46. The molecule has 1 heterocycles. The number of nitrogens with zero attached hydrogens (tertiary/aromatic N) is 1. The maximum atomic E-state index is 12.6. The molecule has 4 unspecified atom stereocenters. The van der Waals surface area contributed by atoms with Crippen LogP contribution in [-0.4, -0.2) is 40.5 Å². The number of carbonyl (C=O) groups is 2. The van der Waals surface area contributed by atoms with Crippen LogP contribution in [-0.2, 0) is 9.59 Å². The number of nitrogens with two attached hydrogens (primary N) is 1. The SMILES string of the molecule is CC(CN)CCC(=O)N1C(C(=O)O)CCC2CCCCC21. The molecular formula is C16H28N2O3. The zero-order valence-corrected chi connectivity index (χ0v) is 13.0. The van der Waals surface area contributed by atoms with E-state index in [1.807, 2.05) is 6.92 Å². The van der Waals surface area contributed by atoms with Crippen LogP contribution in [0.1, 0.15) is 58.3 Å². The van der Waals surface area contributed by atoms with Crippen molar-refractivity contribution in [3.63, 3.8) is 0 Å². The summed E-state index contributed by atoms with van der Waals surface area (Å²) >= 11 is 0. The van der Waals surface area contributed by atoms with Crippen LogP contribution < -0.4 is 5.73 Å². The van der Waals surface area contributed by atoms with Crippen molar-refractivity contribution in [1.82, 2.24) is 4.90 Å². The molecule has 1 saturated heterocycles. The maximum Gasteiger partial charge on any atom is 0.326 e. The molecule has 4 atom stereocenters. The van der Waals surface area contributed by atoms with Crippen LogP contribution in [0.5, 0.6) is 0 Å². The van der Waals surface area contributed by atoms with Gasteiger partial charge in [-0.1, -0.05) is 19.8 Å². The Morgan fingerprint density at radius 3 is 2.62 bits per heavy atom. The van der Waals surface area contributed by atoms with Crippen molar-refractivity contribution >= 4 is 11.9 Å². The van der Waals surface area contributed by atoms with Gasteiger partial charge in [-0.15, -0.1) is 0 Å². The first-order valence-electron chi connectivity index (χ1n) is 8.28. The molecule has 5 nitrogen and oxygen atoms in total. The minimum atomic E-state index is -0.848. The third-order valence-corrected chi connectivity index (χ3v) is 5.20. The molecule has 3 N–H and O–H groups in total. The number of hydrogen-bond donors (Lipinski definition) is 2. The molecule has 0 aromatic rings. The van der Waals surface area contributed by atoms with E-state index in [2.05, 4.69) is 0 Å². The zero-order valence-electron chi connectivity index (χ0n) is 13.0. The van der Waals surface area contributed by atoms with Crippen molar-refractivity contribution in [2.45, 2.75) is 70.4 Å². The zero-order chi connectivity index (χ0) is 15.4. The van der Waals surface area contributed by atoms with Gasteiger partial charge in [0.1, 0.15) is 6.04 Å². The molecule has 1 amide bonds. The normalized spacial score (nSPS) is 30.6. The van der Waals surface area contributed by atoms with Crippen LogP contribution in [0.2, 0.25) is 0 Å². The molecule has 1 aliphatic carbocycles. The molecule has 5 heteroatoms. The first-order chi connectivity index (χ1) is 10.0. The van der Waals surface area contributed by atoms with E-state index in [0.717, 1.165) is 32.1 Å². The van der Waals surface area contributed by atoms with E-state index < -0.39 is 12.0 Å². The van der Waals surface area contributed by atoms with Gasteiger partial charge in [0.15, 0.2) is 0 Å². The summed E-state index contributed by atoms with van der Waals surface area (Å²) in [6, 6.07) is -0.473. The molecule has 120 valence electrons. The molecule has 1 saturated carbocycles. The molecule has 0 aromatic heterocycles. The highest BCUT2D eigenvalue weighted by Crippen LogP contribution is 2.38. The van der Waals surface area contributed by atoms with E-state index in [1.54, 1.807) is 4.90 Å². The van der Waals surface area contributed by atoms with Crippen LogP contribution >= 0.6 is 0 Å². The van der Waals surface area contributed by atoms with Crippen LogP contribution in [0.3, 0.4) is 0 Å².